The van der Waals surface area contributed by atoms with Gasteiger partial charge in [0, 0.05) is 0 Å². The molecule has 4 heteroatoms. The second kappa shape index (κ2) is 3.36. The normalized spacial score (nSPS) is 20.6. The highest BCUT2D eigenvalue weighted by Crippen LogP contribution is 2.20. The van der Waals surface area contributed by atoms with E-state index < -0.39 is 10.1 Å². The van der Waals surface area contributed by atoms with E-state index in [4.69, 9.17) is 4.55 Å². The van der Waals surface area contributed by atoms with Crippen LogP contribution in [0.2, 0.25) is 0 Å². The molecule has 1 aliphatic carbocycles. The maximum atomic E-state index is 10.6. The molecule has 0 aliphatic heterocycles. The second-order valence-electron chi connectivity index (χ2n) is 2.74. The summed E-state index contributed by atoms with van der Waals surface area (Å²) < 4.78 is 29.9. The zero-order chi connectivity index (χ0) is 8.32. The Labute approximate surface area is 66.9 Å². The van der Waals surface area contributed by atoms with Gasteiger partial charge in [-0.25, -0.2) is 0 Å². The van der Waals surface area contributed by atoms with Crippen LogP contribution in [0.3, 0.4) is 0 Å². The maximum absolute atomic E-state index is 10.6. The van der Waals surface area contributed by atoms with Gasteiger partial charge in [0.2, 0.25) is 0 Å². The molecular weight excluding hydrogens is 164 g/mol. The van der Waals surface area contributed by atoms with Crippen molar-refractivity contribution >= 4 is 10.1 Å². The predicted molar refractivity (Wildman–Crippen MR) is 42.7 cm³/mol. The average Bonchev–Trinajstić information content (AvgIpc) is 2.10. The average molecular weight is 176 g/mol. The molecule has 0 aromatic carbocycles. The summed E-state index contributed by atoms with van der Waals surface area (Å²) in [5, 5.41) is 0. The lowest BCUT2D eigenvalue weighted by Gasteiger charge is -1.98. The molecule has 0 heterocycles. The minimum atomic E-state index is -3.89. The first-order valence-corrected chi connectivity index (χ1v) is 5.21. The lowest BCUT2D eigenvalue weighted by Crippen LogP contribution is -2.00. The molecule has 11 heavy (non-hydrogen) atoms. The van der Waals surface area contributed by atoms with Crippen molar-refractivity contribution in [3.8, 4) is 0 Å². The van der Waals surface area contributed by atoms with Crippen LogP contribution in [0.25, 0.3) is 0 Å². The van der Waals surface area contributed by atoms with Crippen LogP contribution in [0.5, 0.6) is 0 Å². The molecule has 0 radical (unpaired) electrons. The van der Waals surface area contributed by atoms with Crippen molar-refractivity contribution in [2.24, 2.45) is 0 Å². The smallest absolute Gasteiger partial charge is 0.282 e. The molecule has 1 N–H and O–H groups in total. The third kappa shape index (κ3) is 2.63. The minimum absolute atomic E-state index is 0.204. The summed E-state index contributed by atoms with van der Waals surface area (Å²) in [7, 11) is -3.89. The monoisotopic (exact) mass is 176 g/mol. The molecule has 1 rings (SSSR count). The molecule has 3 nitrogen and oxygen atoms in total. The van der Waals surface area contributed by atoms with E-state index in [0.29, 0.717) is 6.42 Å². The number of hydrogen-bond acceptors (Lipinski definition) is 2. The number of allylic oxidation sites excluding steroid dienone is 2. The highest BCUT2D eigenvalue weighted by atomic mass is 32.2. The highest BCUT2D eigenvalue weighted by molar-refractivity contribution is 7.89. The van der Waals surface area contributed by atoms with Gasteiger partial charge in [0.25, 0.3) is 10.1 Å². The van der Waals surface area contributed by atoms with Crippen LogP contribution in [-0.4, -0.2) is 13.0 Å². The fraction of sp³-hybridized carbons (Fsp3) is 0.714. The van der Waals surface area contributed by atoms with Crippen LogP contribution >= 0.6 is 0 Å². The fourth-order valence-corrected chi connectivity index (χ4v) is 1.95. The van der Waals surface area contributed by atoms with Gasteiger partial charge in [-0.05, 0) is 25.7 Å². The van der Waals surface area contributed by atoms with Gasteiger partial charge < -0.3 is 0 Å². The van der Waals surface area contributed by atoms with Gasteiger partial charge in [-0.3, -0.25) is 4.55 Å². The first-order chi connectivity index (χ1) is 5.11. The van der Waals surface area contributed by atoms with Crippen molar-refractivity contribution in [3.63, 3.8) is 0 Å². The molecular formula is C7H12O3S. The topological polar surface area (TPSA) is 54.4 Å². The van der Waals surface area contributed by atoms with Gasteiger partial charge >= 0.3 is 0 Å². The van der Waals surface area contributed by atoms with E-state index in [9.17, 15) is 8.42 Å². The second-order valence-corrected chi connectivity index (χ2v) is 4.22. The number of rotatable bonds is 1. The standard InChI is InChI=1S/C7H12O3S/c8-11(9,10)7-5-3-1-2-4-6-7/h5H,1-4,6H2,(H,8,9,10). The third-order valence-corrected chi connectivity index (χ3v) is 2.86. The zero-order valence-corrected chi connectivity index (χ0v) is 7.10. The Morgan fingerprint density at radius 1 is 1.27 bits per heavy atom. The molecule has 0 spiro atoms. The van der Waals surface area contributed by atoms with Gasteiger partial charge in [-0.15, -0.1) is 0 Å². The van der Waals surface area contributed by atoms with E-state index in [-0.39, 0.29) is 4.91 Å². The van der Waals surface area contributed by atoms with E-state index in [1.165, 1.54) is 0 Å². The predicted octanol–water partition coefficient (Wildman–Crippen LogP) is 1.72. The SMILES string of the molecule is O=S(=O)(O)C1=CCCCCC1. The molecule has 0 aromatic rings. The van der Waals surface area contributed by atoms with Gasteiger partial charge in [0.1, 0.15) is 0 Å². The molecule has 0 unspecified atom stereocenters. The van der Waals surface area contributed by atoms with Crippen LogP contribution in [0, 0.1) is 0 Å². The van der Waals surface area contributed by atoms with Gasteiger partial charge in [-0.2, -0.15) is 8.42 Å². The summed E-state index contributed by atoms with van der Waals surface area (Å²) in [6, 6.07) is 0. The Hall–Kier alpha value is -0.350. The van der Waals surface area contributed by atoms with Crippen molar-refractivity contribution in [3.05, 3.63) is 11.0 Å². The first kappa shape index (κ1) is 8.74. The zero-order valence-electron chi connectivity index (χ0n) is 6.28. The molecule has 0 amide bonds. The summed E-state index contributed by atoms with van der Waals surface area (Å²) >= 11 is 0. The van der Waals surface area contributed by atoms with Gasteiger partial charge in [-0.1, -0.05) is 12.5 Å². The van der Waals surface area contributed by atoms with Crippen molar-refractivity contribution in [1.82, 2.24) is 0 Å². The Bertz CT molecular complexity index is 251. The van der Waals surface area contributed by atoms with Crippen molar-refractivity contribution in [2.45, 2.75) is 32.1 Å². The van der Waals surface area contributed by atoms with Gasteiger partial charge in [0.05, 0.1) is 4.91 Å². The highest BCUT2D eigenvalue weighted by Gasteiger charge is 2.14. The number of hydrogen-bond donors (Lipinski definition) is 1. The Kier molecular flexibility index (Phi) is 2.67. The van der Waals surface area contributed by atoms with E-state index in [2.05, 4.69) is 0 Å². The van der Waals surface area contributed by atoms with Crippen molar-refractivity contribution in [2.75, 3.05) is 0 Å². The summed E-state index contributed by atoms with van der Waals surface area (Å²) in [6.45, 7) is 0. The molecule has 1 aliphatic rings. The summed E-state index contributed by atoms with van der Waals surface area (Å²) in [4.78, 5) is 0.204. The Morgan fingerprint density at radius 2 is 2.00 bits per heavy atom. The van der Waals surface area contributed by atoms with E-state index in [1.807, 2.05) is 0 Å². The summed E-state index contributed by atoms with van der Waals surface area (Å²) in [6.07, 6.45) is 5.84. The molecule has 64 valence electrons. The summed E-state index contributed by atoms with van der Waals surface area (Å²) in [5.41, 5.74) is 0. The molecule has 0 atom stereocenters. The largest absolute Gasteiger partial charge is 0.290 e. The van der Waals surface area contributed by atoms with Crippen LogP contribution in [-0.2, 0) is 10.1 Å². The summed E-state index contributed by atoms with van der Waals surface area (Å²) in [5.74, 6) is 0. The molecule has 0 aromatic heterocycles. The Morgan fingerprint density at radius 3 is 2.64 bits per heavy atom. The van der Waals surface area contributed by atoms with Crippen LogP contribution in [0.4, 0.5) is 0 Å². The quantitative estimate of drug-likeness (QED) is 0.619. The minimum Gasteiger partial charge on any atom is -0.282 e. The van der Waals surface area contributed by atoms with E-state index in [1.54, 1.807) is 6.08 Å². The first-order valence-electron chi connectivity index (χ1n) is 3.77. The lowest BCUT2D eigenvalue weighted by molar-refractivity contribution is 0.488. The lowest BCUT2D eigenvalue weighted by atomic mass is 10.2. The van der Waals surface area contributed by atoms with Crippen molar-refractivity contribution in [1.29, 1.82) is 0 Å². The molecule has 0 saturated heterocycles. The van der Waals surface area contributed by atoms with E-state index in [0.717, 1.165) is 25.7 Å². The molecule has 0 saturated carbocycles. The maximum Gasteiger partial charge on any atom is 0.290 e. The van der Waals surface area contributed by atoms with Crippen LogP contribution in [0.15, 0.2) is 11.0 Å². The Balaban J connectivity index is 2.77. The third-order valence-electron chi connectivity index (χ3n) is 1.83. The van der Waals surface area contributed by atoms with Crippen LogP contribution in [0.1, 0.15) is 32.1 Å². The van der Waals surface area contributed by atoms with Crippen molar-refractivity contribution < 1.29 is 13.0 Å². The fourth-order valence-electron chi connectivity index (χ4n) is 1.22. The molecule has 0 fully saturated rings. The molecule has 0 bridgehead atoms. The van der Waals surface area contributed by atoms with E-state index >= 15 is 0 Å². The van der Waals surface area contributed by atoms with Crippen LogP contribution < -0.4 is 0 Å². The van der Waals surface area contributed by atoms with Gasteiger partial charge in [0.15, 0.2) is 0 Å².